The minimum absolute atomic E-state index is 0.00965. The second-order valence-corrected chi connectivity index (χ2v) is 8.49. The molecule has 2 aliphatic heterocycles. The van der Waals surface area contributed by atoms with Crippen molar-refractivity contribution in [2.75, 3.05) is 13.1 Å². The standard InChI is InChI=1S/C21H30N2O4/c1-14-4-6-15(7-5-14)21(25)23-9-8-16-11-18(27-19(16)13-23)20(24)22-12-17-3-2-10-26-17/h2-3,10,14-16,18-19H,4-9,11-13H2,1H3,(H,22,24)/t14?,15?,16-,18-,19+/m0/s1. The maximum absolute atomic E-state index is 12.9. The molecule has 1 aliphatic carbocycles. The van der Waals surface area contributed by atoms with Crippen LogP contribution in [0.15, 0.2) is 22.8 Å². The smallest absolute Gasteiger partial charge is 0.249 e. The summed E-state index contributed by atoms with van der Waals surface area (Å²) in [5, 5.41) is 2.89. The maximum Gasteiger partial charge on any atom is 0.249 e. The summed E-state index contributed by atoms with van der Waals surface area (Å²) in [4.78, 5) is 27.3. The maximum atomic E-state index is 12.9. The summed E-state index contributed by atoms with van der Waals surface area (Å²) in [5.74, 6) is 2.26. The van der Waals surface area contributed by atoms with Crippen molar-refractivity contribution in [3.8, 4) is 0 Å². The third kappa shape index (κ3) is 4.21. The van der Waals surface area contributed by atoms with E-state index in [0.717, 1.165) is 56.7 Å². The molecule has 3 atom stereocenters. The number of hydrogen-bond acceptors (Lipinski definition) is 4. The number of nitrogens with one attached hydrogen (secondary N) is 1. The fraction of sp³-hybridized carbons (Fsp3) is 0.714. The Bertz CT molecular complexity index is 651. The molecule has 6 heteroatoms. The third-order valence-electron chi connectivity index (χ3n) is 6.54. The van der Waals surface area contributed by atoms with Crippen molar-refractivity contribution in [3.63, 3.8) is 0 Å². The molecular formula is C21H30N2O4. The molecule has 2 amide bonds. The molecule has 148 valence electrons. The van der Waals surface area contributed by atoms with Crippen LogP contribution in [0, 0.1) is 17.8 Å². The van der Waals surface area contributed by atoms with Crippen molar-refractivity contribution in [2.24, 2.45) is 17.8 Å². The summed E-state index contributed by atoms with van der Waals surface area (Å²) in [6.45, 7) is 4.09. The zero-order valence-electron chi connectivity index (χ0n) is 16.1. The van der Waals surface area contributed by atoms with Crippen molar-refractivity contribution < 1.29 is 18.7 Å². The second-order valence-electron chi connectivity index (χ2n) is 8.49. The van der Waals surface area contributed by atoms with Gasteiger partial charge in [-0.25, -0.2) is 0 Å². The Morgan fingerprint density at radius 3 is 2.78 bits per heavy atom. The highest BCUT2D eigenvalue weighted by atomic mass is 16.5. The van der Waals surface area contributed by atoms with Crippen LogP contribution in [0.3, 0.4) is 0 Å². The lowest BCUT2D eigenvalue weighted by Crippen LogP contribution is -2.48. The van der Waals surface area contributed by atoms with Gasteiger partial charge in [-0.3, -0.25) is 9.59 Å². The first-order chi connectivity index (χ1) is 13.1. The van der Waals surface area contributed by atoms with Crippen LogP contribution in [0.1, 0.15) is 51.2 Å². The molecule has 3 aliphatic rings. The van der Waals surface area contributed by atoms with Gasteiger partial charge in [-0.2, -0.15) is 0 Å². The van der Waals surface area contributed by atoms with Crippen LogP contribution in [0.4, 0.5) is 0 Å². The molecule has 27 heavy (non-hydrogen) atoms. The molecule has 1 aromatic rings. The monoisotopic (exact) mass is 374 g/mol. The molecule has 3 heterocycles. The minimum Gasteiger partial charge on any atom is -0.467 e. The third-order valence-corrected chi connectivity index (χ3v) is 6.54. The van der Waals surface area contributed by atoms with Crippen LogP contribution in [-0.2, 0) is 20.9 Å². The van der Waals surface area contributed by atoms with Gasteiger partial charge < -0.3 is 19.4 Å². The number of rotatable bonds is 4. The van der Waals surface area contributed by atoms with E-state index in [4.69, 9.17) is 9.15 Å². The molecule has 0 radical (unpaired) electrons. The fourth-order valence-electron chi connectivity index (χ4n) is 4.77. The number of furan rings is 1. The highest BCUT2D eigenvalue weighted by molar-refractivity contribution is 5.81. The lowest BCUT2D eigenvalue weighted by molar-refractivity contribution is -0.142. The zero-order valence-corrected chi connectivity index (χ0v) is 16.1. The molecule has 2 saturated heterocycles. The number of nitrogens with zero attached hydrogens (tertiary/aromatic N) is 1. The molecular weight excluding hydrogens is 344 g/mol. The summed E-state index contributed by atoms with van der Waals surface area (Å²) in [7, 11) is 0. The van der Waals surface area contributed by atoms with Gasteiger partial charge in [-0.05, 0) is 62.5 Å². The predicted octanol–water partition coefficient (Wildman–Crippen LogP) is 2.73. The molecule has 3 fully saturated rings. The molecule has 0 unspecified atom stereocenters. The van der Waals surface area contributed by atoms with E-state index >= 15 is 0 Å². The molecule has 1 N–H and O–H groups in total. The molecule has 1 saturated carbocycles. The quantitative estimate of drug-likeness (QED) is 0.880. The van der Waals surface area contributed by atoms with E-state index < -0.39 is 6.10 Å². The van der Waals surface area contributed by atoms with Gasteiger partial charge in [0, 0.05) is 19.0 Å². The highest BCUT2D eigenvalue weighted by Gasteiger charge is 2.43. The molecule has 4 rings (SSSR count). The summed E-state index contributed by atoms with van der Waals surface area (Å²) in [6, 6.07) is 3.64. The molecule has 6 nitrogen and oxygen atoms in total. The van der Waals surface area contributed by atoms with E-state index in [9.17, 15) is 9.59 Å². The van der Waals surface area contributed by atoms with Gasteiger partial charge in [0.1, 0.15) is 11.9 Å². The average molecular weight is 374 g/mol. The fourth-order valence-corrected chi connectivity index (χ4v) is 4.77. The van der Waals surface area contributed by atoms with E-state index in [2.05, 4.69) is 12.2 Å². The van der Waals surface area contributed by atoms with Crippen LogP contribution in [0.5, 0.6) is 0 Å². The van der Waals surface area contributed by atoms with Gasteiger partial charge in [0.15, 0.2) is 0 Å². The van der Waals surface area contributed by atoms with Gasteiger partial charge in [0.05, 0.1) is 18.9 Å². The van der Waals surface area contributed by atoms with E-state index in [-0.39, 0.29) is 17.9 Å². The first kappa shape index (κ1) is 18.5. The summed E-state index contributed by atoms with van der Waals surface area (Å²) in [5.41, 5.74) is 0. The van der Waals surface area contributed by atoms with E-state index in [0.29, 0.717) is 24.9 Å². The van der Waals surface area contributed by atoms with Crippen LogP contribution in [0.25, 0.3) is 0 Å². The summed E-state index contributed by atoms with van der Waals surface area (Å²) >= 11 is 0. The number of amides is 2. The largest absolute Gasteiger partial charge is 0.467 e. The Hall–Kier alpha value is -1.82. The first-order valence-electron chi connectivity index (χ1n) is 10.3. The first-order valence-corrected chi connectivity index (χ1v) is 10.3. The van der Waals surface area contributed by atoms with Gasteiger partial charge >= 0.3 is 0 Å². The SMILES string of the molecule is CC1CCC(C(=O)N2CC[C@H]3C[C@@H](C(=O)NCc4ccco4)O[C@@H]3C2)CC1. The summed E-state index contributed by atoms with van der Waals surface area (Å²) < 4.78 is 11.3. The van der Waals surface area contributed by atoms with Crippen LogP contribution in [-0.4, -0.2) is 42.0 Å². The Labute approximate surface area is 160 Å². The second kappa shape index (κ2) is 8.05. The highest BCUT2D eigenvalue weighted by Crippen LogP contribution is 2.35. The molecule has 1 aromatic heterocycles. The molecule has 0 spiro atoms. The van der Waals surface area contributed by atoms with Crippen LogP contribution < -0.4 is 5.32 Å². The van der Waals surface area contributed by atoms with Crippen molar-refractivity contribution in [3.05, 3.63) is 24.2 Å². The van der Waals surface area contributed by atoms with Crippen molar-refractivity contribution >= 4 is 11.8 Å². The Kier molecular flexibility index (Phi) is 5.53. The number of likely N-dealkylation sites (tertiary alicyclic amines) is 1. The number of carbonyl (C=O) groups is 2. The normalized spacial score (nSPS) is 33.5. The lowest BCUT2D eigenvalue weighted by atomic mass is 9.81. The van der Waals surface area contributed by atoms with Crippen molar-refractivity contribution in [1.82, 2.24) is 10.2 Å². The van der Waals surface area contributed by atoms with E-state index in [1.165, 1.54) is 0 Å². The Balaban J connectivity index is 1.27. The minimum atomic E-state index is -0.416. The van der Waals surface area contributed by atoms with Crippen molar-refractivity contribution in [1.29, 1.82) is 0 Å². The molecule has 0 aromatic carbocycles. The number of hydrogen-bond donors (Lipinski definition) is 1. The van der Waals surface area contributed by atoms with Crippen LogP contribution in [0.2, 0.25) is 0 Å². The summed E-state index contributed by atoms with van der Waals surface area (Å²) in [6.07, 6.45) is 7.20. The predicted molar refractivity (Wildman–Crippen MR) is 99.6 cm³/mol. The lowest BCUT2D eigenvalue weighted by Gasteiger charge is -2.37. The van der Waals surface area contributed by atoms with Gasteiger partial charge in [0.2, 0.25) is 11.8 Å². The molecule has 0 bridgehead atoms. The average Bonchev–Trinajstić information content (AvgIpc) is 3.35. The number of piperidine rings is 1. The zero-order chi connectivity index (χ0) is 18.8. The number of carbonyl (C=O) groups excluding carboxylic acids is 2. The van der Waals surface area contributed by atoms with Gasteiger partial charge in [0.25, 0.3) is 0 Å². The number of ether oxygens (including phenoxy) is 1. The Morgan fingerprint density at radius 2 is 2.04 bits per heavy atom. The van der Waals surface area contributed by atoms with Gasteiger partial charge in [-0.1, -0.05) is 6.92 Å². The van der Waals surface area contributed by atoms with Gasteiger partial charge in [-0.15, -0.1) is 0 Å². The van der Waals surface area contributed by atoms with Crippen LogP contribution >= 0.6 is 0 Å². The Morgan fingerprint density at radius 1 is 1.22 bits per heavy atom. The van der Waals surface area contributed by atoms with Crippen molar-refractivity contribution in [2.45, 2.75) is 64.2 Å². The number of fused-ring (bicyclic) bond motifs is 1. The van der Waals surface area contributed by atoms with E-state index in [1.807, 2.05) is 11.0 Å². The van der Waals surface area contributed by atoms with E-state index in [1.54, 1.807) is 12.3 Å². The topological polar surface area (TPSA) is 71.8 Å².